The second-order valence-electron chi connectivity index (χ2n) is 4.30. The van der Waals surface area contributed by atoms with Crippen molar-refractivity contribution in [1.29, 1.82) is 0 Å². The highest BCUT2D eigenvalue weighted by Crippen LogP contribution is 2.16. The molecule has 20 heavy (non-hydrogen) atoms. The minimum Gasteiger partial charge on any atom is -0.489 e. The molecule has 4 nitrogen and oxygen atoms in total. The molecule has 0 atom stereocenters. The molecule has 2 aromatic rings. The summed E-state index contributed by atoms with van der Waals surface area (Å²) in [5.74, 6) is -1.02. The van der Waals surface area contributed by atoms with E-state index < -0.39 is 18.2 Å². The minimum atomic E-state index is -1.13. The van der Waals surface area contributed by atoms with Crippen LogP contribution in [0.4, 0.5) is 0 Å². The monoisotopic (exact) mass is 270 g/mol. The molecule has 0 amide bonds. The number of hydrogen-bond acceptors (Lipinski definition) is 3. The first-order valence-corrected chi connectivity index (χ1v) is 6.17. The molecule has 0 heterocycles. The summed E-state index contributed by atoms with van der Waals surface area (Å²) in [5, 5.41) is 8.61. The molecule has 0 saturated carbocycles. The minimum absolute atomic E-state index is 0.345. The molecule has 1 N–H and O–H groups in total. The van der Waals surface area contributed by atoms with Crippen molar-refractivity contribution in [2.75, 3.05) is 0 Å². The number of rotatable bonds is 6. The van der Waals surface area contributed by atoms with E-state index >= 15 is 0 Å². The van der Waals surface area contributed by atoms with Crippen molar-refractivity contribution in [3.8, 4) is 5.75 Å². The highest BCUT2D eigenvalue weighted by Gasteiger charge is 2.11. The zero-order chi connectivity index (χ0) is 14.4. The number of carboxylic acids is 1. The third-order valence-electron chi connectivity index (χ3n) is 2.72. The Hall–Kier alpha value is -2.62. The van der Waals surface area contributed by atoms with E-state index in [0.29, 0.717) is 17.9 Å². The van der Waals surface area contributed by atoms with Gasteiger partial charge in [-0.1, -0.05) is 42.5 Å². The lowest BCUT2D eigenvalue weighted by molar-refractivity contribution is -0.135. The number of benzene rings is 2. The Balaban J connectivity index is 2.02. The summed E-state index contributed by atoms with van der Waals surface area (Å²) in [5.41, 5.74) is 1.37. The third-order valence-corrected chi connectivity index (χ3v) is 2.72. The van der Waals surface area contributed by atoms with Gasteiger partial charge in [-0.3, -0.25) is 9.59 Å². The maximum Gasteiger partial charge on any atom is 0.311 e. The summed E-state index contributed by atoms with van der Waals surface area (Å²) < 4.78 is 5.59. The Labute approximate surface area is 116 Å². The molecule has 2 rings (SSSR count). The fourth-order valence-corrected chi connectivity index (χ4v) is 1.74. The van der Waals surface area contributed by atoms with Crippen LogP contribution in [0.3, 0.4) is 0 Å². The van der Waals surface area contributed by atoms with Crippen LogP contribution in [-0.4, -0.2) is 16.9 Å². The summed E-state index contributed by atoms with van der Waals surface area (Å²) in [6.07, 6.45) is -0.512. The van der Waals surface area contributed by atoms with Crippen molar-refractivity contribution >= 4 is 11.8 Å². The fraction of sp³-hybridized carbons (Fsp3) is 0.125. The van der Waals surface area contributed by atoms with Crippen LogP contribution < -0.4 is 4.74 Å². The lowest BCUT2D eigenvalue weighted by atomic mass is 10.1. The van der Waals surface area contributed by atoms with E-state index in [4.69, 9.17) is 9.84 Å². The predicted octanol–water partition coefficient (Wildman–Crippen LogP) is 2.92. The van der Waals surface area contributed by atoms with Crippen LogP contribution in [0.5, 0.6) is 5.75 Å². The number of carboxylic acid groups (broad SMARTS) is 1. The normalized spacial score (nSPS) is 10.0. The van der Waals surface area contributed by atoms with E-state index in [1.165, 1.54) is 0 Å². The highest BCUT2D eigenvalue weighted by molar-refractivity contribution is 6.05. The number of aliphatic carboxylic acids is 1. The van der Waals surface area contributed by atoms with Crippen molar-refractivity contribution in [1.82, 2.24) is 0 Å². The Morgan fingerprint density at radius 3 is 2.45 bits per heavy atom. The van der Waals surface area contributed by atoms with Crippen LogP contribution in [0.25, 0.3) is 0 Å². The summed E-state index contributed by atoms with van der Waals surface area (Å²) in [6, 6.07) is 16.2. The number of Topliss-reactive ketones (excluding diaryl/α,β-unsaturated/α-hetero) is 1. The van der Waals surface area contributed by atoms with E-state index in [1.54, 1.807) is 24.3 Å². The average molecular weight is 270 g/mol. The molecular weight excluding hydrogens is 256 g/mol. The van der Waals surface area contributed by atoms with Crippen LogP contribution in [-0.2, 0) is 11.4 Å². The van der Waals surface area contributed by atoms with Gasteiger partial charge in [-0.25, -0.2) is 0 Å². The van der Waals surface area contributed by atoms with E-state index in [-0.39, 0.29) is 0 Å². The van der Waals surface area contributed by atoms with Gasteiger partial charge in [0.25, 0.3) is 0 Å². The number of ketones is 1. The van der Waals surface area contributed by atoms with Crippen molar-refractivity contribution in [2.45, 2.75) is 13.0 Å². The highest BCUT2D eigenvalue weighted by atomic mass is 16.5. The van der Waals surface area contributed by atoms with E-state index in [9.17, 15) is 9.59 Å². The van der Waals surface area contributed by atoms with Gasteiger partial charge in [0.05, 0.1) is 0 Å². The van der Waals surface area contributed by atoms with Gasteiger partial charge in [-0.05, 0) is 17.7 Å². The summed E-state index contributed by atoms with van der Waals surface area (Å²) in [4.78, 5) is 22.2. The molecule has 0 aliphatic carbocycles. The molecule has 102 valence electrons. The van der Waals surface area contributed by atoms with Crippen molar-refractivity contribution in [3.05, 3.63) is 65.7 Å². The van der Waals surface area contributed by atoms with Gasteiger partial charge in [0.2, 0.25) is 0 Å². The van der Waals surface area contributed by atoms with Crippen molar-refractivity contribution in [3.63, 3.8) is 0 Å². The standard InChI is InChI=1S/C16H14O4/c17-15(10-16(18)19)13-7-4-8-14(9-13)20-11-12-5-2-1-3-6-12/h1-9H,10-11H2,(H,18,19). The quantitative estimate of drug-likeness (QED) is 0.647. The molecule has 0 aliphatic rings. The summed E-state index contributed by atoms with van der Waals surface area (Å²) in [7, 11) is 0. The molecule has 0 aliphatic heterocycles. The summed E-state index contributed by atoms with van der Waals surface area (Å²) >= 11 is 0. The zero-order valence-electron chi connectivity index (χ0n) is 10.8. The second-order valence-corrected chi connectivity index (χ2v) is 4.30. The number of ether oxygens (including phenoxy) is 1. The topological polar surface area (TPSA) is 63.6 Å². The van der Waals surface area contributed by atoms with Crippen molar-refractivity contribution in [2.24, 2.45) is 0 Å². The number of hydrogen-bond donors (Lipinski definition) is 1. The van der Waals surface area contributed by atoms with Gasteiger partial charge >= 0.3 is 5.97 Å². The van der Waals surface area contributed by atoms with Crippen molar-refractivity contribution < 1.29 is 19.4 Å². The van der Waals surface area contributed by atoms with E-state index in [2.05, 4.69) is 0 Å². The molecule has 0 spiro atoms. The first-order chi connectivity index (χ1) is 9.65. The lowest BCUT2D eigenvalue weighted by Gasteiger charge is -2.07. The van der Waals surface area contributed by atoms with Gasteiger partial charge in [0.15, 0.2) is 5.78 Å². The average Bonchev–Trinajstić information content (AvgIpc) is 2.46. The van der Waals surface area contributed by atoms with Gasteiger partial charge < -0.3 is 9.84 Å². The van der Waals surface area contributed by atoms with Gasteiger partial charge in [-0.15, -0.1) is 0 Å². The smallest absolute Gasteiger partial charge is 0.311 e. The van der Waals surface area contributed by atoms with Crippen LogP contribution in [0, 0.1) is 0 Å². The maximum atomic E-state index is 11.6. The van der Waals surface area contributed by atoms with Crippen LogP contribution in [0.1, 0.15) is 22.3 Å². The first kappa shape index (κ1) is 13.8. The van der Waals surface area contributed by atoms with Gasteiger partial charge in [-0.2, -0.15) is 0 Å². The first-order valence-electron chi connectivity index (χ1n) is 6.17. The van der Waals surface area contributed by atoms with Crippen LogP contribution >= 0.6 is 0 Å². The zero-order valence-corrected chi connectivity index (χ0v) is 10.8. The molecule has 0 fully saturated rings. The molecule has 4 heteroatoms. The molecular formula is C16H14O4. The maximum absolute atomic E-state index is 11.6. The fourth-order valence-electron chi connectivity index (χ4n) is 1.74. The molecule has 0 unspecified atom stereocenters. The lowest BCUT2D eigenvalue weighted by Crippen LogP contribution is -2.07. The molecule has 0 radical (unpaired) electrons. The molecule has 2 aromatic carbocycles. The Morgan fingerprint density at radius 2 is 1.75 bits per heavy atom. The Bertz CT molecular complexity index is 605. The predicted molar refractivity (Wildman–Crippen MR) is 73.8 cm³/mol. The molecule has 0 saturated heterocycles. The van der Waals surface area contributed by atoms with Crippen LogP contribution in [0.2, 0.25) is 0 Å². The van der Waals surface area contributed by atoms with E-state index in [1.807, 2.05) is 30.3 Å². The van der Waals surface area contributed by atoms with E-state index in [0.717, 1.165) is 5.56 Å². The molecule has 0 bridgehead atoms. The number of carbonyl (C=O) groups is 2. The van der Waals surface area contributed by atoms with Crippen LogP contribution in [0.15, 0.2) is 54.6 Å². The SMILES string of the molecule is O=C(O)CC(=O)c1cccc(OCc2ccccc2)c1. The largest absolute Gasteiger partial charge is 0.489 e. The Kier molecular flexibility index (Phi) is 4.50. The summed E-state index contributed by atoms with van der Waals surface area (Å²) in [6.45, 7) is 0.400. The van der Waals surface area contributed by atoms with Gasteiger partial charge in [0, 0.05) is 5.56 Å². The third kappa shape index (κ3) is 3.95. The van der Waals surface area contributed by atoms with Gasteiger partial charge in [0.1, 0.15) is 18.8 Å². The Morgan fingerprint density at radius 1 is 1.00 bits per heavy atom. The number of carbonyl (C=O) groups excluding carboxylic acids is 1. The second kappa shape index (κ2) is 6.52. The molecule has 0 aromatic heterocycles.